The van der Waals surface area contributed by atoms with Crippen molar-refractivity contribution in [1.82, 2.24) is 4.98 Å². The Balaban J connectivity index is 3.04. The van der Waals surface area contributed by atoms with Crippen LogP contribution in [-0.2, 0) is 5.33 Å². The molecule has 13 heavy (non-hydrogen) atoms. The normalized spacial score (nSPS) is 9.31. The fourth-order valence-electron chi connectivity index (χ4n) is 0.908. The van der Waals surface area contributed by atoms with Crippen molar-refractivity contribution < 1.29 is 4.74 Å². The highest BCUT2D eigenvalue weighted by Gasteiger charge is 2.04. The lowest BCUT2D eigenvalue weighted by Crippen LogP contribution is -1.97. The number of hydrogen-bond acceptors (Lipinski definition) is 3. The van der Waals surface area contributed by atoms with Gasteiger partial charge in [0, 0.05) is 11.5 Å². The number of rotatable bonds is 3. The van der Waals surface area contributed by atoms with Gasteiger partial charge in [-0.2, -0.15) is 5.26 Å². The molecule has 0 aliphatic rings. The maximum absolute atomic E-state index is 8.70. The Labute approximate surface area is 85.5 Å². The molecule has 1 rings (SSSR count). The second kappa shape index (κ2) is 4.83. The van der Waals surface area contributed by atoms with Gasteiger partial charge in [-0.25, -0.2) is 4.98 Å². The molecule has 1 aromatic rings. The minimum Gasteiger partial charge on any atom is -0.491 e. The largest absolute Gasteiger partial charge is 0.491 e. The van der Waals surface area contributed by atoms with Gasteiger partial charge < -0.3 is 4.74 Å². The molecule has 0 atom stereocenters. The summed E-state index contributed by atoms with van der Waals surface area (Å²) in [6.45, 7) is 2.42. The van der Waals surface area contributed by atoms with Crippen LogP contribution in [0.5, 0.6) is 5.75 Å². The number of nitriles is 1. The van der Waals surface area contributed by atoms with Crippen LogP contribution in [0.15, 0.2) is 12.3 Å². The quantitative estimate of drug-likeness (QED) is 0.762. The summed E-state index contributed by atoms with van der Waals surface area (Å²) in [4.78, 5) is 3.97. The van der Waals surface area contributed by atoms with Crippen LogP contribution >= 0.6 is 15.9 Å². The number of halogens is 1. The summed E-state index contributed by atoms with van der Waals surface area (Å²) in [5, 5.41) is 9.42. The van der Waals surface area contributed by atoms with E-state index in [1.165, 1.54) is 0 Å². The first-order valence-corrected chi connectivity index (χ1v) is 5.01. The molecule has 0 saturated heterocycles. The summed E-state index contributed by atoms with van der Waals surface area (Å²) < 4.78 is 5.26. The zero-order valence-electron chi connectivity index (χ0n) is 7.25. The van der Waals surface area contributed by atoms with Crippen molar-refractivity contribution in [3.8, 4) is 11.8 Å². The van der Waals surface area contributed by atoms with Gasteiger partial charge in [-0.05, 0) is 18.6 Å². The molecule has 0 spiro atoms. The number of alkyl halides is 1. The maximum Gasteiger partial charge on any atom is 0.182 e. The number of nitrogens with zero attached hydrogens (tertiary/aromatic N) is 2. The van der Waals surface area contributed by atoms with Crippen LogP contribution in [0, 0.1) is 11.3 Å². The van der Waals surface area contributed by atoms with Gasteiger partial charge in [0.25, 0.3) is 0 Å². The van der Waals surface area contributed by atoms with E-state index in [4.69, 9.17) is 10.00 Å². The number of ether oxygens (including phenoxy) is 1. The summed E-state index contributed by atoms with van der Waals surface area (Å²) in [5.74, 6) is 0.557. The van der Waals surface area contributed by atoms with Crippen molar-refractivity contribution in [2.45, 2.75) is 12.3 Å². The van der Waals surface area contributed by atoms with Crippen LogP contribution in [-0.4, -0.2) is 11.6 Å². The van der Waals surface area contributed by atoms with Crippen LogP contribution in [0.2, 0.25) is 0 Å². The summed E-state index contributed by atoms with van der Waals surface area (Å²) in [6, 6.07) is 3.80. The highest BCUT2D eigenvalue weighted by atomic mass is 79.9. The van der Waals surface area contributed by atoms with E-state index in [1.807, 2.05) is 19.1 Å². The van der Waals surface area contributed by atoms with Crippen molar-refractivity contribution in [3.63, 3.8) is 0 Å². The van der Waals surface area contributed by atoms with Gasteiger partial charge in [-0.3, -0.25) is 0 Å². The molecule has 1 aromatic heterocycles. The van der Waals surface area contributed by atoms with E-state index in [0.29, 0.717) is 23.4 Å². The Morgan fingerprint density at radius 1 is 1.69 bits per heavy atom. The molecule has 0 aromatic carbocycles. The van der Waals surface area contributed by atoms with Gasteiger partial charge in [-0.1, -0.05) is 15.9 Å². The lowest BCUT2D eigenvalue weighted by atomic mass is 10.2. The first-order chi connectivity index (χ1) is 6.31. The highest BCUT2D eigenvalue weighted by molar-refractivity contribution is 9.08. The SMILES string of the molecule is CCOc1cc(CBr)cnc1C#N. The first kappa shape index (κ1) is 10.0. The number of pyridine rings is 1. The third kappa shape index (κ3) is 2.43. The Bertz CT molecular complexity index is 333. The highest BCUT2D eigenvalue weighted by Crippen LogP contribution is 2.18. The smallest absolute Gasteiger partial charge is 0.182 e. The fourth-order valence-corrected chi connectivity index (χ4v) is 1.21. The van der Waals surface area contributed by atoms with Crippen molar-refractivity contribution in [2.75, 3.05) is 6.61 Å². The molecule has 0 saturated carbocycles. The van der Waals surface area contributed by atoms with Gasteiger partial charge >= 0.3 is 0 Å². The summed E-state index contributed by atoms with van der Waals surface area (Å²) in [6.07, 6.45) is 1.66. The fraction of sp³-hybridized carbons (Fsp3) is 0.333. The third-order valence-electron chi connectivity index (χ3n) is 1.47. The number of aromatic nitrogens is 1. The van der Waals surface area contributed by atoms with Gasteiger partial charge in [0.2, 0.25) is 0 Å². The number of hydrogen-bond donors (Lipinski definition) is 0. The Hall–Kier alpha value is -1.08. The molecule has 0 bridgehead atoms. The Morgan fingerprint density at radius 2 is 2.46 bits per heavy atom. The van der Waals surface area contributed by atoms with Crippen molar-refractivity contribution >= 4 is 15.9 Å². The van der Waals surface area contributed by atoms with Gasteiger partial charge in [0.05, 0.1) is 6.61 Å². The van der Waals surface area contributed by atoms with E-state index in [2.05, 4.69) is 20.9 Å². The van der Waals surface area contributed by atoms with Gasteiger partial charge in [-0.15, -0.1) is 0 Å². The van der Waals surface area contributed by atoms with Crippen molar-refractivity contribution in [3.05, 3.63) is 23.5 Å². The summed E-state index contributed by atoms with van der Waals surface area (Å²) >= 11 is 3.31. The van der Waals surface area contributed by atoms with Crippen LogP contribution < -0.4 is 4.74 Å². The molecule has 1 heterocycles. The van der Waals surface area contributed by atoms with E-state index >= 15 is 0 Å². The van der Waals surface area contributed by atoms with E-state index in [9.17, 15) is 0 Å². The predicted molar refractivity (Wildman–Crippen MR) is 52.8 cm³/mol. The minimum absolute atomic E-state index is 0.339. The maximum atomic E-state index is 8.70. The lowest BCUT2D eigenvalue weighted by Gasteiger charge is -2.05. The summed E-state index contributed by atoms with van der Waals surface area (Å²) in [5.41, 5.74) is 1.34. The third-order valence-corrected chi connectivity index (χ3v) is 2.12. The summed E-state index contributed by atoms with van der Waals surface area (Å²) in [7, 11) is 0. The molecule has 0 unspecified atom stereocenters. The molecule has 3 nitrogen and oxygen atoms in total. The second-order valence-electron chi connectivity index (χ2n) is 2.37. The first-order valence-electron chi connectivity index (χ1n) is 3.89. The van der Waals surface area contributed by atoms with Crippen LogP contribution in [0.25, 0.3) is 0 Å². The monoisotopic (exact) mass is 240 g/mol. The van der Waals surface area contributed by atoms with Gasteiger partial charge in [0.15, 0.2) is 11.4 Å². The molecule has 4 heteroatoms. The average Bonchev–Trinajstić information content (AvgIpc) is 2.18. The molecule has 0 aliphatic heterocycles. The van der Waals surface area contributed by atoms with E-state index in [-0.39, 0.29) is 0 Å². The molecule has 0 fully saturated rings. The topological polar surface area (TPSA) is 45.9 Å². The standard InChI is InChI=1S/C9H9BrN2O/c1-2-13-9-3-7(4-10)6-12-8(9)5-11/h3,6H,2,4H2,1H3. The van der Waals surface area contributed by atoms with E-state index in [1.54, 1.807) is 6.20 Å². The minimum atomic E-state index is 0.339. The zero-order chi connectivity index (χ0) is 9.68. The Kier molecular flexibility index (Phi) is 3.71. The molecular weight excluding hydrogens is 232 g/mol. The van der Waals surface area contributed by atoms with Crippen molar-refractivity contribution in [1.29, 1.82) is 5.26 Å². The zero-order valence-corrected chi connectivity index (χ0v) is 8.84. The molecule has 0 radical (unpaired) electrons. The molecule has 68 valence electrons. The van der Waals surface area contributed by atoms with Crippen LogP contribution in [0.1, 0.15) is 18.2 Å². The molecule has 0 N–H and O–H groups in total. The van der Waals surface area contributed by atoms with Crippen LogP contribution in [0.3, 0.4) is 0 Å². The molecular formula is C9H9BrN2O. The predicted octanol–water partition coefficient (Wildman–Crippen LogP) is 2.25. The average molecular weight is 241 g/mol. The Morgan fingerprint density at radius 3 is 3.00 bits per heavy atom. The molecule has 0 amide bonds. The van der Waals surface area contributed by atoms with Gasteiger partial charge in [0.1, 0.15) is 6.07 Å². The van der Waals surface area contributed by atoms with Crippen LogP contribution in [0.4, 0.5) is 0 Å². The lowest BCUT2D eigenvalue weighted by molar-refractivity contribution is 0.337. The van der Waals surface area contributed by atoms with E-state index in [0.717, 1.165) is 5.56 Å². The van der Waals surface area contributed by atoms with Crippen molar-refractivity contribution in [2.24, 2.45) is 0 Å². The second-order valence-corrected chi connectivity index (χ2v) is 2.93. The van der Waals surface area contributed by atoms with E-state index < -0.39 is 0 Å². The molecule has 0 aliphatic carbocycles.